The average Bonchev–Trinajstić information content (AvgIpc) is 2.83. The van der Waals surface area contributed by atoms with Gasteiger partial charge >= 0.3 is 0 Å². The van der Waals surface area contributed by atoms with Crippen LogP contribution >= 0.6 is 23.7 Å². The Morgan fingerprint density at radius 2 is 2.18 bits per heavy atom. The molecule has 3 N–H and O–H groups in total. The summed E-state index contributed by atoms with van der Waals surface area (Å²) in [6.07, 6.45) is 1.71. The molecule has 22 heavy (non-hydrogen) atoms. The van der Waals surface area contributed by atoms with E-state index in [0.29, 0.717) is 19.6 Å². The summed E-state index contributed by atoms with van der Waals surface area (Å²) < 4.78 is 0. The van der Waals surface area contributed by atoms with Gasteiger partial charge in [0.05, 0.1) is 10.8 Å². The highest BCUT2D eigenvalue weighted by atomic mass is 35.5. The number of aryl methyl sites for hydroxylation is 2. The average molecular weight is 346 g/mol. The van der Waals surface area contributed by atoms with Crippen LogP contribution in [0.2, 0.25) is 0 Å². The van der Waals surface area contributed by atoms with Gasteiger partial charge in [0.2, 0.25) is 5.91 Å². The van der Waals surface area contributed by atoms with E-state index in [2.05, 4.69) is 5.32 Å². The van der Waals surface area contributed by atoms with Gasteiger partial charge in [-0.3, -0.25) is 9.59 Å². The number of piperidine rings is 1. The molecule has 1 saturated heterocycles. The van der Waals surface area contributed by atoms with Crippen molar-refractivity contribution in [2.75, 3.05) is 26.2 Å². The lowest BCUT2D eigenvalue weighted by Gasteiger charge is -2.31. The van der Waals surface area contributed by atoms with Gasteiger partial charge in [-0.25, -0.2) is 0 Å². The van der Waals surface area contributed by atoms with Crippen molar-refractivity contribution in [2.24, 2.45) is 11.7 Å². The zero-order chi connectivity index (χ0) is 15.4. The van der Waals surface area contributed by atoms with Gasteiger partial charge in [0.15, 0.2) is 0 Å². The number of carbonyl (C=O) groups excluding carboxylic acids is 2. The monoisotopic (exact) mass is 345 g/mol. The summed E-state index contributed by atoms with van der Waals surface area (Å²) in [5.74, 6) is -0.0552. The highest BCUT2D eigenvalue weighted by Gasteiger charge is 2.29. The van der Waals surface area contributed by atoms with Crippen molar-refractivity contribution in [2.45, 2.75) is 26.7 Å². The number of halogens is 1. The molecule has 1 aromatic rings. The van der Waals surface area contributed by atoms with E-state index in [1.54, 1.807) is 4.90 Å². The van der Waals surface area contributed by atoms with E-state index in [1.165, 1.54) is 16.2 Å². The van der Waals surface area contributed by atoms with Gasteiger partial charge in [0.1, 0.15) is 0 Å². The Labute approximate surface area is 141 Å². The number of hydrogen-bond donors (Lipinski definition) is 2. The maximum absolute atomic E-state index is 12.5. The van der Waals surface area contributed by atoms with Gasteiger partial charge in [-0.15, -0.1) is 23.7 Å². The Morgan fingerprint density at radius 3 is 2.77 bits per heavy atom. The first-order valence-electron chi connectivity index (χ1n) is 7.37. The number of hydrogen-bond acceptors (Lipinski definition) is 4. The molecule has 7 heteroatoms. The van der Waals surface area contributed by atoms with Crippen LogP contribution < -0.4 is 11.1 Å². The molecule has 1 unspecified atom stereocenters. The van der Waals surface area contributed by atoms with Gasteiger partial charge < -0.3 is 16.0 Å². The first kappa shape index (κ1) is 18.9. The lowest BCUT2D eigenvalue weighted by Crippen LogP contribution is -2.46. The second kappa shape index (κ2) is 8.50. The standard InChI is InChI=1S/C15H23N3O2S.ClH/c1-10-8-13(21-11(10)2)15(20)18-7-3-4-12(9-18)14(19)17-6-5-16;/h8,12H,3-7,9,16H2,1-2H3,(H,17,19);1H. The summed E-state index contributed by atoms with van der Waals surface area (Å²) in [7, 11) is 0. The van der Waals surface area contributed by atoms with E-state index in [1.807, 2.05) is 19.9 Å². The van der Waals surface area contributed by atoms with Gasteiger partial charge in [-0.1, -0.05) is 0 Å². The largest absolute Gasteiger partial charge is 0.355 e. The van der Waals surface area contributed by atoms with Gasteiger partial charge in [-0.2, -0.15) is 0 Å². The van der Waals surface area contributed by atoms with E-state index >= 15 is 0 Å². The second-order valence-corrected chi connectivity index (χ2v) is 6.78. The van der Waals surface area contributed by atoms with Crippen molar-refractivity contribution in [3.8, 4) is 0 Å². The highest BCUT2D eigenvalue weighted by Crippen LogP contribution is 2.25. The molecule has 2 rings (SSSR count). The molecule has 1 aliphatic rings. The lowest BCUT2D eigenvalue weighted by atomic mass is 9.97. The maximum Gasteiger partial charge on any atom is 0.263 e. The fraction of sp³-hybridized carbons (Fsp3) is 0.600. The van der Waals surface area contributed by atoms with Crippen molar-refractivity contribution >= 4 is 35.6 Å². The number of nitrogens with one attached hydrogen (secondary N) is 1. The minimum absolute atomic E-state index is 0. The van der Waals surface area contributed by atoms with E-state index < -0.39 is 0 Å². The molecule has 0 bridgehead atoms. The Morgan fingerprint density at radius 1 is 1.45 bits per heavy atom. The molecule has 0 aromatic carbocycles. The molecule has 2 heterocycles. The van der Waals surface area contributed by atoms with Crippen LogP contribution in [0, 0.1) is 19.8 Å². The van der Waals surface area contributed by atoms with Crippen molar-refractivity contribution in [1.29, 1.82) is 0 Å². The minimum Gasteiger partial charge on any atom is -0.355 e. The van der Waals surface area contributed by atoms with Crippen molar-refractivity contribution in [3.05, 3.63) is 21.4 Å². The Bertz CT molecular complexity index is 513. The predicted octanol–water partition coefficient (Wildman–Crippen LogP) is 1.71. The Hall–Kier alpha value is -1.11. The summed E-state index contributed by atoms with van der Waals surface area (Å²) in [5, 5.41) is 2.82. The van der Waals surface area contributed by atoms with E-state index in [9.17, 15) is 9.59 Å². The normalized spacial score (nSPS) is 17.8. The van der Waals surface area contributed by atoms with Crippen LogP contribution in [0.1, 0.15) is 33.0 Å². The van der Waals surface area contributed by atoms with Crippen LogP contribution in [0.25, 0.3) is 0 Å². The molecule has 0 spiro atoms. The number of thiophene rings is 1. The second-order valence-electron chi connectivity index (χ2n) is 5.52. The Balaban J connectivity index is 0.00000242. The van der Waals surface area contributed by atoms with Crippen molar-refractivity contribution < 1.29 is 9.59 Å². The van der Waals surface area contributed by atoms with Crippen LogP contribution in [0.15, 0.2) is 6.07 Å². The number of likely N-dealkylation sites (tertiary alicyclic amines) is 1. The third-order valence-electron chi connectivity index (χ3n) is 3.90. The molecule has 0 radical (unpaired) electrons. The van der Waals surface area contributed by atoms with Gasteiger partial charge in [-0.05, 0) is 38.3 Å². The molecule has 0 saturated carbocycles. The van der Waals surface area contributed by atoms with E-state index in [-0.39, 0.29) is 30.1 Å². The van der Waals surface area contributed by atoms with Crippen LogP contribution in [0.4, 0.5) is 0 Å². The molecule has 1 fully saturated rings. The summed E-state index contributed by atoms with van der Waals surface area (Å²) >= 11 is 1.53. The van der Waals surface area contributed by atoms with Crippen LogP contribution in [-0.2, 0) is 4.79 Å². The molecule has 1 aromatic heterocycles. The van der Waals surface area contributed by atoms with Crippen LogP contribution in [-0.4, -0.2) is 42.9 Å². The van der Waals surface area contributed by atoms with Crippen molar-refractivity contribution in [1.82, 2.24) is 10.2 Å². The number of amides is 2. The first-order chi connectivity index (χ1) is 10.0. The fourth-order valence-electron chi connectivity index (χ4n) is 2.55. The number of rotatable bonds is 4. The molecule has 1 aliphatic heterocycles. The molecule has 2 amide bonds. The third kappa shape index (κ3) is 4.44. The SMILES string of the molecule is Cc1cc(C(=O)N2CCCC(C(=O)NCCN)C2)sc1C.Cl. The van der Waals surface area contributed by atoms with Crippen LogP contribution in [0.5, 0.6) is 0 Å². The zero-order valence-corrected chi connectivity index (χ0v) is 14.7. The predicted molar refractivity (Wildman–Crippen MR) is 91.7 cm³/mol. The molecule has 1 atom stereocenters. The lowest BCUT2D eigenvalue weighted by molar-refractivity contribution is -0.126. The summed E-state index contributed by atoms with van der Waals surface area (Å²) in [4.78, 5) is 28.3. The first-order valence-corrected chi connectivity index (χ1v) is 8.18. The quantitative estimate of drug-likeness (QED) is 0.872. The fourth-order valence-corrected chi connectivity index (χ4v) is 3.55. The zero-order valence-electron chi connectivity index (χ0n) is 13.1. The minimum atomic E-state index is -0.114. The van der Waals surface area contributed by atoms with E-state index in [0.717, 1.165) is 29.8 Å². The summed E-state index contributed by atoms with van der Waals surface area (Å²) in [5.41, 5.74) is 6.55. The van der Waals surface area contributed by atoms with Gasteiger partial charge in [0, 0.05) is 31.1 Å². The highest BCUT2D eigenvalue weighted by molar-refractivity contribution is 7.14. The number of carbonyl (C=O) groups is 2. The third-order valence-corrected chi connectivity index (χ3v) is 5.04. The molecule has 0 aliphatic carbocycles. The Kier molecular flexibility index (Phi) is 7.32. The molecular weight excluding hydrogens is 322 g/mol. The summed E-state index contributed by atoms with van der Waals surface area (Å²) in [6.45, 7) is 6.21. The van der Waals surface area contributed by atoms with E-state index in [4.69, 9.17) is 5.73 Å². The summed E-state index contributed by atoms with van der Waals surface area (Å²) in [6, 6.07) is 1.94. The smallest absolute Gasteiger partial charge is 0.263 e. The number of nitrogens with two attached hydrogens (primary N) is 1. The topological polar surface area (TPSA) is 75.4 Å². The molecule has 124 valence electrons. The van der Waals surface area contributed by atoms with Crippen LogP contribution in [0.3, 0.4) is 0 Å². The molecule has 5 nitrogen and oxygen atoms in total. The molecular formula is C15H24ClN3O2S. The maximum atomic E-state index is 12.5. The number of nitrogens with zero attached hydrogens (tertiary/aromatic N) is 1. The van der Waals surface area contributed by atoms with Gasteiger partial charge in [0.25, 0.3) is 5.91 Å². The van der Waals surface area contributed by atoms with Crippen molar-refractivity contribution in [3.63, 3.8) is 0 Å².